The van der Waals surface area contributed by atoms with Gasteiger partial charge in [0.1, 0.15) is 0 Å². The molecule has 2 aromatic carbocycles. The number of thioether (sulfide) groups is 1. The highest BCUT2D eigenvalue weighted by Crippen LogP contribution is 2.33. The normalized spacial score (nSPS) is 11.1. The van der Waals surface area contributed by atoms with Gasteiger partial charge < -0.3 is 10.1 Å². The summed E-state index contributed by atoms with van der Waals surface area (Å²) in [7, 11) is 0. The van der Waals surface area contributed by atoms with Crippen LogP contribution in [0.4, 0.5) is 18.9 Å². The predicted molar refractivity (Wildman–Crippen MR) is 97.9 cm³/mol. The number of hydrogen-bond acceptors (Lipinski definition) is 4. The second-order valence-electron chi connectivity index (χ2n) is 5.46. The standard InChI is InChI=1S/C18H15ClF3NO3S/c1-11-4-2-3-5-15(11)27-10-17(25)26-9-16(24)23-14-8-12(18(20,21)22)6-7-13(14)19/h2-8H,9-10H2,1H3,(H,23,24). The van der Waals surface area contributed by atoms with Gasteiger partial charge >= 0.3 is 12.1 Å². The first-order chi connectivity index (χ1) is 12.7. The molecule has 0 aliphatic rings. The Bertz CT molecular complexity index is 843. The maximum atomic E-state index is 12.7. The van der Waals surface area contributed by atoms with E-state index in [1.807, 2.05) is 31.2 Å². The Morgan fingerprint density at radius 1 is 1.19 bits per heavy atom. The lowest BCUT2D eigenvalue weighted by molar-refractivity contribution is -0.144. The van der Waals surface area contributed by atoms with Gasteiger partial charge in [0.05, 0.1) is 22.0 Å². The number of hydrogen-bond donors (Lipinski definition) is 1. The molecule has 0 aromatic heterocycles. The van der Waals surface area contributed by atoms with Crippen LogP contribution in [0.5, 0.6) is 0 Å². The van der Waals surface area contributed by atoms with E-state index in [9.17, 15) is 22.8 Å². The van der Waals surface area contributed by atoms with Crippen molar-refractivity contribution >= 4 is 40.9 Å². The molecule has 27 heavy (non-hydrogen) atoms. The van der Waals surface area contributed by atoms with E-state index in [-0.39, 0.29) is 16.5 Å². The van der Waals surface area contributed by atoms with Crippen molar-refractivity contribution in [3.8, 4) is 0 Å². The lowest BCUT2D eigenvalue weighted by Crippen LogP contribution is -2.22. The highest BCUT2D eigenvalue weighted by atomic mass is 35.5. The number of nitrogens with one attached hydrogen (secondary N) is 1. The first-order valence-electron chi connectivity index (χ1n) is 7.67. The van der Waals surface area contributed by atoms with Gasteiger partial charge in [-0.3, -0.25) is 9.59 Å². The van der Waals surface area contributed by atoms with Crippen molar-refractivity contribution in [1.82, 2.24) is 0 Å². The van der Waals surface area contributed by atoms with Gasteiger partial charge in [0.15, 0.2) is 6.61 Å². The second kappa shape index (κ2) is 9.14. The van der Waals surface area contributed by atoms with Gasteiger partial charge in [0, 0.05) is 4.90 Å². The highest BCUT2D eigenvalue weighted by Gasteiger charge is 2.31. The van der Waals surface area contributed by atoms with E-state index in [2.05, 4.69) is 5.32 Å². The fourth-order valence-corrected chi connectivity index (χ4v) is 3.02. The van der Waals surface area contributed by atoms with Crippen molar-refractivity contribution in [3.63, 3.8) is 0 Å². The Balaban J connectivity index is 1.85. The number of ether oxygens (including phenoxy) is 1. The molecule has 0 bridgehead atoms. The van der Waals surface area contributed by atoms with Crippen molar-refractivity contribution in [3.05, 3.63) is 58.6 Å². The van der Waals surface area contributed by atoms with Crippen LogP contribution in [0.1, 0.15) is 11.1 Å². The Labute approximate surface area is 163 Å². The smallest absolute Gasteiger partial charge is 0.416 e. The van der Waals surface area contributed by atoms with Crippen molar-refractivity contribution in [2.75, 3.05) is 17.7 Å². The molecule has 0 heterocycles. The maximum absolute atomic E-state index is 12.7. The van der Waals surface area contributed by atoms with Gasteiger partial charge in [-0.15, -0.1) is 11.8 Å². The Hall–Kier alpha value is -2.19. The number of carbonyl (C=O) groups excluding carboxylic acids is 2. The van der Waals surface area contributed by atoms with Crippen LogP contribution in [0.25, 0.3) is 0 Å². The lowest BCUT2D eigenvalue weighted by Gasteiger charge is -2.12. The fourth-order valence-electron chi connectivity index (χ4n) is 2.03. The van der Waals surface area contributed by atoms with Crippen LogP contribution < -0.4 is 5.32 Å². The van der Waals surface area contributed by atoms with Crippen LogP contribution in [-0.2, 0) is 20.5 Å². The first kappa shape index (κ1) is 21.1. The number of alkyl halides is 3. The zero-order chi connectivity index (χ0) is 20.0. The highest BCUT2D eigenvalue weighted by molar-refractivity contribution is 8.00. The molecular formula is C18H15ClF3NO3S. The molecule has 0 saturated carbocycles. The van der Waals surface area contributed by atoms with Gasteiger partial charge in [0.2, 0.25) is 0 Å². The Morgan fingerprint density at radius 2 is 1.89 bits per heavy atom. The van der Waals surface area contributed by atoms with Crippen LogP contribution >= 0.6 is 23.4 Å². The summed E-state index contributed by atoms with van der Waals surface area (Å²) in [6.07, 6.45) is -4.57. The molecule has 144 valence electrons. The summed E-state index contributed by atoms with van der Waals surface area (Å²) >= 11 is 7.06. The average Bonchev–Trinajstić information content (AvgIpc) is 2.60. The number of benzene rings is 2. The molecule has 0 atom stereocenters. The van der Waals surface area contributed by atoms with E-state index in [0.717, 1.165) is 28.7 Å². The van der Waals surface area contributed by atoms with Crippen molar-refractivity contribution < 1.29 is 27.5 Å². The number of aryl methyl sites for hydroxylation is 1. The van der Waals surface area contributed by atoms with Crippen LogP contribution in [-0.4, -0.2) is 24.2 Å². The average molecular weight is 418 g/mol. The number of anilines is 1. The van der Waals surface area contributed by atoms with E-state index in [1.54, 1.807) is 0 Å². The van der Waals surface area contributed by atoms with E-state index in [1.165, 1.54) is 11.8 Å². The molecule has 9 heteroatoms. The summed E-state index contributed by atoms with van der Waals surface area (Å²) in [5.41, 5.74) is -0.150. The summed E-state index contributed by atoms with van der Waals surface area (Å²) in [5.74, 6) is -1.40. The molecule has 0 aliphatic carbocycles. The third-order valence-corrected chi connectivity index (χ3v) is 4.85. The molecule has 2 aromatic rings. The summed E-state index contributed by atoms with van der Waals surface area (Å²) < 4.78 is 43.0. The predicted octanol–water partition coefficient (Wildman–Crippen LogP) is 4.94. The Morgan fingerprint density at radius 3 is 2.56 bits per heavy atom. The SMILES string of the molecule is Cc1ccccc1SCC(=O)OCC(=O)Nc1cc(C(F)(F)F)ccc1Cl. The summed E-state index contributed by atoms with van der Waals surface area (Å²) in [5, 5.41) is 2.15. The zero-order valence-electron chi connectivity index (χ0n) is 14.1. The molecular weight excluding hydrogens is 403 g/mol. The molecule has 4 nitrogen and oxygen atoms in total. The molecule has 2 rings (SSSR count). The molecule has 1 amide bonds. The van der Waals surface area contributed by atoms with Crippen molar-refractivity contribution in [2.45, 2.75) is 18.0 Å². The summed E-state index contributed by atoms with van der Waals surface area (Å²) in [6, 6.07) is 10.0. The molecule has 0 unspecified atom stereocenters. The van der Waals surface area contributed by atoms with Gasteiger partial charge in [0.25, 0.3) is 5.91 Å². The summed E-state index contributed by atoms with van der Waals surface area (Å²) in [6.45, 7) is 1.28. The number of amides is 1. The monoisotopic (exact) mass is 417 g/mol. The third-order valence-electron chi connectivity index (χ3n) is 3.37. The van der Waals surface area contributed by atoms with E-state index >= 15 is 0 Å². The zero-order valence-corrected chi connectivity index (χ0v) is 15.7. The molecule has 0 spiro atoms. The fraction of sp³-hybridized carbons (Fsp3) is 0.222. The van der Waals surface area contributed by atoms with Crippen LogP contribution in [0.15, 0.2) is 47.4 Å². The van der Waals surface area contributed by atoms with Gasteiger partial charge in [-0.05, 0) is 36.8 Å². The number of rotatable bonds is 6. The van der Waals surface area contributed by atoms with Crippen LogP contribution in [0, 0.1) is 6.92 Å². The molecule has 1 N–H and O–H groups in total. The third kappa shape index (κ3) is 6.48. The van der Waals surface area contributed by atoms with E-state index < -0.39 is 30.2 Å². The van der Waals surface area contributed by atoms with Gasteiger partial charge in [-0.1, -0.05) is 29.8 Å². The molecule has 0 fully saturated rings. The van der Waals surface area contributed by atoms with Crippen LogP contribution in [0.2, 0.25) is 5.02 Å². The number of carbonyl (C=O) groups is 2. The van der Waals surface area contributed by atoms with Crippen molar-refractivity contribution in [1.29, 1.82) is 0 Å². The van der Waals surface area contributed by atoms with Gasteiger partial charge in [-0.2, -0.15) is 13.2 Å². The number of halogens is 4. The van der Waals surface area contributed by atoms with Crippen molar-refractivity contribution in [2.24, 2.45) is 0 Å². The lowest BCUT2D eigenvalue weighted by atomic mass is 10.2. The van der Waals surface area contributed by atoms with E-state index in [4.69, 9.17) is 16.3 Å². The second-order valence-corrected chi connectivity index (χ2v) is 6.88. The topological polar surface area (TPSA) is 55.4 Å². The minimum Gasteiger partial charge on any atom is -0.455 e. The van der Waals surface area contributed by atoms with Crippen LogP contribution in [0.3, 0.4) is 0 Å². The minimum atomic E-state index is -4.57. The number of esters is 1. The minimum absolute atomic E-state index is 0.00243. The molecule has 0 saturated heterocycles. The quantitative estimate of drug-likeness (QED) is 0.534. The maximum Gasteiger partial charge on any atom is 0.416 e. The first-order valence-corrected chi connectivity index (χ1v) is 9.04. The largest absolute Gasteiger partial charge is 0.455 e. The van der Waals surface area contributed by atoms with Gasteiger partial charge in [-0.25, -0.2) is 0 Å². The van der Waals surface area contributed by atoms with E-state index in [0.29, 0.717) is 0 Å². The molecule has 0 radical (unpaired) electrons. The Kier molecular flexibility index (Phi) is 7.15. The molecule has 0 aliphatic heterocycles. The summed E-state index contributed by atoms with van der Waals surface area (Å²) in [4.78, 5) is 24.5.